The Morgan fingerprint density at radius 3 is 2.67 bits per heavy atom. The Morgan fingerprint density at radius 1 is 1.30 bits per heavy atom. The first kappa shape index (κ1) is 23.9. The van der Waals surface area contributed by atoms with Gasteiger partial charge in [-0.15, -0.1) is 0 Å². The van der Waals surface area contributed by atoms with E-state index in [1.54, 1.807) is 13.8 Å². The van der Waals surface area contributed by atoms with Gasteiger partial charge in [-0.2, -0.15) is 23.5 Å². The lowest BCUT2D eigenvalue weighted by Gasteiger charge is -2.14. The molecule has 0 aliphatic carbocycles. The van der Waals surface area contributed by atoms with Crippen molar-refractivity contribution in [2.75, 3.05) is 10.6 Å². The summed E-state index contributed by atoms with van der Waals surface area (Å²) in [6.07, 6.45) is -4.34. The first-order valence-electron chi connectivity index (χ1n) is 9.77. The number of aromatic hydroxyl groups is 1. The van der Waals surface area contributed by atoms with E-state index in [1.807, 2.05) is 6.07 Å². The van der Waals surface area contributed by atoms with Crippen LogP contribution >= 0.6 is 11.6 Å². The maximum Gasteiger partial charge on any atom is 0.416 e. The molecule has 0 bridgehead atoms. The van der Waals surface area contributed by atoms with Crippen LogP contribution in [0.1, 0.15) is 35.7 Å². The number of rotatable bonds is 6. The van der Waals surface area contributed by atoms with Gasteiger partial charge >= 0.3 is 6.18 Å². The molecule has 0 saturated heterocycles. The fourth-order valence-corrected chi connectivity index (χ4v) is 3.34. The minimum absolute atomic E-state index is 0.00350. The Bertz CT molecular complexity index is 1250. The molecular weight excluding hydrogens is 459 g/mol. The summed E-state index contributed by atoms with van der Waals surface area (Å²) in [6, 6.07) is 9.57. The normalized spacial score (nSPS) is 11.2. The third-order valence-electron chi connectivity index (χ3n) is 4.77. The number of carbonyl (C=O) groups excluding carboxylic acids is 1. The van der Waals surface area contributed by atoms with Gasteiger partial charge in [-0.25, -0.2) is 4.68 Å². The van der Waals surface area contributed by atoms with Crippen molar-refractivity contribution in [1.29, 1.82) is 5.26 Å². The number of halogens is 4. The van der Waals surface area contributed by atoms with Gasteiger partial charge < -0.3 is 15.7 Å². The molecule has 0 atom stereocenters. The number of nitrogens with one attached hydrogen (secondary N) is 2. The Morgan fingerprint density at radius 2 is 2.03 bits per heavy atom. The van der Waals surface area contributed by atoms with Gasteiger partial charge in [0.1, 0.15) is 17.5 Å². The van der Waals surface area contributed by atoms with Gasteiger partial charge in [0.05, 0.1) is 27.7 Å². The van der Waals surface area contributed by atoms with E-state index in [9.17, 15) is 28.3 Å². The SMILES string of the molecule is CCC(=O)Nc1cc(CNc2c(C#N)c(C)nn2-c2cccc(C(F)(F)F)c2)cc(Cl)c1O. The topological polar surface area (TPSA) is 103 Å². The van der Waals surface area contributed by atoms with E-state index in [-0.39, 0.29) is 52.4 Å². The van der Waals surface area contributed by atoms with Crippen LogP contribution in [0.4, 0.5) is 24.7 Å². The number of phenolic OH excluding ortho intramolecular Hbond substituents is 1. The van der Waals surface area contributed by atoms with Crippen molar-refractivity contribution in [3.63, 3.8) is 0 Å². The summed E-state index contributed by atoms with van der Waals surface area (Å²) in [7, 11) is 0. The molecule has 33 heavy (non-hydrogen) atoms. The number of aryl methyl sites for hydroxylation is 1. The summed E-state index contributed by atoms with van der Waals surface area (Å²) < 4.78 is 40.7. The van der Waals surface area contributed by atoms with Crippen molar-refractivity contribution >= 4 is 29.0 Å². The number of phenols is 1. The molecule has 3 N–H and O–H groups in total. The molecule has 1 heterocycles. The van der Waals surface area contributed by atoms with Crippen molar-refractivity contribution in [2.45, 2.75) is 33.0 Å². The number of nitrogens with zero attached hydrogens (tertiary/aromatic N) is 3. The molecule has 0 aliphatic rings. The van der Waals surface area contributed by atoms with Gasteiger partial charge in [0, 0.05) is 13.0 Å². The third-order valence-corrected chi connectivity index (χ3v) is 5.06. The number of hydrogen-bond acceptors (Lipinski definition) is 5. The Balaban J connectivity index is 1.98. The molecule has 3 aromatic rings. The van der Waals surface area contributed by atoms with Gasteiger partial charge in [0.25, 0.3) is 0 Å². The maximum absolute atomic E-state index is 13.2. The molecule has 11 heteroatoms. The molecule has 7 nitrogen and oxygen atoms in total. The number of benzene rings is 2. The quantitative estimate of drug-likeness (QED) is 0.413. The zero-order chi connectivity index (χ0) is 24.3. The van der Waals surface area contributed by atoms with Crippen LogP contribution in [0.25, 0.3) is 5.69 Å². The maximum atomic E-state index is 13.2. The fraction of sp³-hybridized carbons (Fsp3) is 0.227. The van der Waals surface area contributed by atoms with Crippen LogP contribution < -0.4 is 10.6 Å². The number of alkyl halides is 3. The number of nitriles is 1. The molecule has 0 fully saturated rings. The highest BCUT2D eigenvalue weighted by atomic mass is 35.5. The second-order valence-corrected chi connectivity index (χ2v) is 7.52. The van der Waals surface area contributed by atoms with E-state index in [1.165, 1.54) is 28.9 Å². The third kappa shape index (κ3) is 5.21. The van der Waals surface area contributed by atoms with Crippen LogP contribution in [-0.4, -0.2) is 20.8 Å². The lowest BCUT2D eigenvalue weighted by atomic mass is 10.1. The van der Waals surface area contributed by atoms with Crippen LogP contribution in [0.2, 0.25) is 5.02 Å². The number of anilines is 2. The smallest absolute Gasteiger partial charge is 0.416 e. The predicted octanol–water partition coefficient (Wildman–Crippen LogP) is 5.39. The highest BCUT2D eigenvalue weighted by molar-refractivity contribution is 6.32. The number of carbonyl (C=O) groups is 1. The average molecular weight is 478 g/mol. The molecule has 0 unspecified atom stereocenters. The van der Waals surface area contributed by atoms with Crippen molar-refractivity contribution in [3.05, 3.63) is 63.8 Å². The Hall–Kier alpha value is -3.71. The summed E-state index contributed by atoms with van der Waals surface area (Å²) in [4.78, 5) is 11.7. The predicted molar refractivity (Wildman–Crippen MR) is 117 cm³/mol. The van der Waals surface area contributed by atoms with Crippen LogP contribution in [0.5, 0.6) is 5.75 Å². The highest BCUT2D eigenvalue weighted by Crippen LogP contribution is 2.35. The molecule has 1 amide bonds. The standard InChI is InChI=1S/C22H19ClF3N5O2/c1-3-19(32)29-18-8-13(7-17(23)20(18)33)11-28-21-16(10-27)12(2)30-31(21)15-6-4-5-14(9-15)22(24,25)26/h4-9,28,33H,3,11H2,1-2H3,(H,29,32). The molecule has 0 aliphatic heterocycles. The molecule has 1 aromatic heterocycles. The van der Waals surface area contributed by atoms with Crippen LogP contribution in [0.3, 0.4) is 0 Å². The van der Waals surface area contributed by atoms with Crippen molar-refractivity contribution < 1.29 is 23.1 Å². The lowest BCUT2D eigenvalue weighted by molar-refractivity contribution is -0.137. The van der Waals surface area contributed by atoms with Gasteiger partial charge in [0.15, 0.2) is 5.75 Å². The Kier molecular flexibility index (Phi) is 6.84. The minimum Gasteiger partial charge on any atom is -0.504 e. The molecule has 3 rings (SSSR count). The molecule has 0 radical (unpaired) electrons. The summed E-state index contributed by atoms with van der Waals surface area (Å²) in [5, 5.41) is 29.5. The number of amides is 1. The summed E-state index contributed by atoms with van der Waals surface area (Å²) >= 11 is 6.07. The number of aromatic nitrogens is 2. The van der Waals surface area contributed by atoms with E-state index in [4.69, 9.17) is 11.6 Å². The van der Waals surface area contributed by atoms with Crippen molar-refractivity contribution in [3.8, 4) is 17.5 Å². The highest BCUT2D eigenvalue weighted by Gasteiger charge is 2.31. The summed E-state index contributed by atoms with van der Waals surface area (Å²) in [5.74, 6) is -0.418. The van der Waals surface area contributed by atoms with E-state index in [0.717, 1.165) is 12.1 Å². The van der Waals surface area contributed by atoms with Crippen molar-refractivity contribution in [1.82, 2.24) is 9.78 Å². The first-order valence-corrected chi connectivity index (χ1v) is 10.1. The summed E-state index contributed by atoms with van der Waals surface area (Å²) in [6.45, 7) is 3.30. The zero-order valence-electron chi connectivity index (χ0n) is 17.6. The summed E-state index contributed by atoms with van der Waals surface area (Å²) in [5.41, 5.74) is 0.432. The molecular formula is C22H19ClF3N5O2. The van der Waals surface area contributed by atoms with Crippen LogP contribution in [-0.2, 0) is 17.5 Å². The zero-order valence-corrected chi connectivity index (χ0v) is 18.3. The molecule has 2 aromatic carbocycles. The monoisotopic (exact) mass is 477 g/mol. The van der Waals surface area contributed by atoms with Gasteiger partial charge in [-0.05, 0) is 42.8 Å². The Labute approximate surface area is 192 Å². The molecule has 0 spiro atoms. The van der Waals surface area contributed by atoms with Gasteiger partial charge in [0.2, 0.25) is 5.91 Å². The van der Waals surface area contributed by atoms with E-state index >= 15 is 0 Å². The second-order valence-electron chi connectivity index (χ2n) is 7.11. The van der Waals surface area contributed by atoms with Gasteiger partial charge in [-0.1, -0.05) is 24.6 Å². The van der Waals surface area contributed by atoms with Crippen molar-refractivity contribution in [2.24, 2.45) is 0 Å². The van der Waals surface area contributed by atoms with Crippen LogP contribution in [0.15, 0.2) is 36.4 Å². The lowest BCUT2D eigenvalue weighted by Crippen LogP contribution is -2.11. The van der Waals surface area contributed by atoms with E-state index in [0.29, 0.717) is 11.3 Å². The molecule has 172 valence electrons. The second kappa shape index (κ2) is 9.42. The minimum atomic E-state index is -4.54. The van der Waals surface area contributed by atoms with E-state index < -0.39 is 11.7 Å². The number of hydrogen-bond donors (Lipinski definition) is 3. The largest absolute Gasteiger partial charge is 0.504 e. The molecule has 0 saturated carbocycles. The first-order chi connectivity index (χ1) is 15.5. The fourth-order valence-electron chi connectivity index (χ4n) is 3.10. The van der Waals surface area contributed by atoms with Crippen LogP contribution in [0, 0.1) is 18.3 Å². The average Bonchev–Trinajstić information content (AvgIpc) is 3.10. The van der Waals surface area contributed by atoms with E-state index in [2.05, 4.69) is 15.7 Å². The van der Waals surface area contributed by atoms with Gasteiger partial charge in [-0.3, -0.25) is 4.79 Å².